The van der Waals surface area contributed by atoms with E-state index in [1.807, 2.05) is 36.5 Å². The second kappa shape index (κ2) is 5.53. The van der Waals surface area contributed by atoms with Gasteiger partial charge in [0.1, 0.15) is 5.58 Å². The molecular weight excluding hydrogens is 306 g/mol. The average Bonchev–Trinajstić information content (AvgIpc) is 3.25. The molecule has 0 aliphatic carbocycles. The van der Waals surface area contributed by atoms with E-state index in [0.717, 1.165) is 27.6 Å². The molecule has 0 bridgehead atoms. The van der Waals surface area contributed by atoms with Crippen molar-refractivity contribution in [3.63, 3.8) is 0 Å². The lowest BCUT2D eigenvalue weighted by Crippen LogP contribution is -1.97. The van der Waals surface area contributed by atoms with Crippen LogP contribution in [0.5, 0.6) is 17.2 Å². The molecule has 5 heteroatoms. The zero-order valence-electron chi connectivity index (χ0n) is 13.7. The molecule has 24 heavy (non-hydrogen) atoms. The Morgan fingerprint density at radius 3 is 2.46 bits per heavy atom. The van der Waals surface area contributed by atoms with E-state index in [-0.39, 0.29) is 0 Å². The topological polar surface area (TPSA) is 45.8 Å². The first kappa shape index (κ1) is 14.5. The molecule has 0 N–H and O–H groups in total. The highest BCUT2D eigenvalue weighted by atomic mass is 16.5. The van der Waals surface area contributed by atoms with Crippen molar-refractivity contribution in [3.05, 3.63) is 48.9 Å². The first-order chi connectivity index (χ1) is 11.8. The van der Waals surface area contributed by atoms with Gasteiger partial charge in [-0.3, -0.25) is 0 Å². The molecule has 0 fully saturated rings. The molecule has 4 rings (SSSR count). The van der Waals surface area contributed by atoms with Gasteiger partial charge in [0.05, 0.1) is 33.1 Å². The summed E-state index contributed by atoms with van der Waals surface area (Å²) in [5, 5.41) is 2.02. The van der Waals surface area contributed by atoms with E-state index in [1.165, 1.54) is 0 Å². The molecule has 4 aromatic rings. The van der Waals surface area contributed by atoms with E-state index in [9.17, 15) is 0 Å². The Morgan fingerprint density at radius 2 is 1.71 bits per heavy atom. The van der Waals surface area contributed by atoms with Crippen LogP contribution in [-0.2, 0) is 0 Å². The summed E-state index contributed by atoms with van der Waals surface area (Å²) in [7, 11) is 4.86. The SMILES string of the molecule is COc1cc2c(ccn2-c2ccc3occc3c2)c(OC)c1OC. The predicted octanol–water partition coefficient (Wildman–Crippen LogP) is 4.40. The van der Waals surface area contributed by atoms with Gasteiger partial charge in [0, 0.05) is 28.7 Å². The van der Waals surface area contributed by atoms with Gasteiger partial charge in [0.15, 0.2) is 11.5 Å². The maximum absolute atomic E-state index is 5.57. The van der Waals surface area contributed by atoms with Gasteiger partial charge in [-0.2, -0.15) is 0 Å². The van der Waals surface area contributed by atoms with Crippen LogP contribution < -0.4 is 14.2 Å². The van der Waals surface area contributed by atoms with Crippen LogP contribution in [-0.4, -0.2) is 25.9 Å². The van der Waals surface area contributed by atoms with Crippen LogP contribution >= 0.6 is 0 Å². The van der Waals surface area contributed by atoms with Crippen molar-refractivity contribution in [2.45, 2.75) is 0 Å². The Hall–Kier alpha value is -3.08. The van der Waals surface area contributed by atoms with E-state index in [0.29, 0.717) is 17.2 Å². The number of fused-ring (bicyclic) bond motifs is 2. The summed E-state index contributed by atoms with van der Waals surface area (Å²) in [4.78, 5) is 0. The molecule has 0 amide bonds. The zero-order valence-corrected chi connectivity index (χ0v) is 13.7. The van der Waals surface area contributed by atoms with E-state index in [4.69, 9.17) is 18.6 Å². The summed E-state index contributed by atoms with van der Waals surface area (Å²) in [6.07, 6.45) is 3.70. The molecule has 0 saturated heterocycles. The largest absolute Gasteiger partial charge is 0.493 e. The van der Waals surface area contributed by atoms with Crippen molar-refractivity contribution in [1.82, 2.24) is 4.57 Å². The number of nitrogens with zero attached hydrogens (tertiary/aromatic N) is 1. The predicted molar refractivity (Wildman–Crippen MR) is 92.7 cm³/mol. The minimum atomic E-state index is 0.593. The fourth-order valence-corrected chi connectivity index (χ4v) is 3.08. The first-order valence-electron chi connectivity index (χ1n) is 7.54. The Morgan fingerprint density at radius 1 is 0.875 bits per heavy atom. The normalized spacial score (nSPS) is 11.1. The smallest absolute Gasteiger partial charge is 0.204 e. The molecule has 2 aromatic heterocycles. The van der Waals surface area contributed by atoms with Gasteiger partial charge in [-0.25, -0.2) is 0 Å². The number of ether oxygens (including phenoxy) is 3. The van der Waals surface area contributed by atoms with Gasteiger partial charge in [-0.15, -0.1) is 0 Å². The number of hydrogen-bond acceptors (Lipinski definition) is 4. The summed E-state index contributed by atoms with van der Waals surface area (Å²) in [5.74, 6) is 1.89. The minimum Gasteiger partial charge on any atom is -0.493 e. The van der Waals surface area contributed by atoms with Crippen molar-refractivity contribution in [1.29, 1.82) is 0 Å². The van der Waals surface area contributed by atoms with Crippen LogP contribution in [0.3, 0.4) is 0 Å². The molecule has 2 aromatic carbocycles. The van der Waals surface area contributed by atoms with Gasteiger partial charge < -0.3 is 23.2 Å². The molecule has 0 atom stereocenters. The van der Waals surface area contributed by atoms with Crippen molar-refractivity contribution in [2.24, 2.45) is 0 Å². The number of benzene rings is 2. The fourth-order valence-electron chi connectivity index (χ4n) is 3.08. The maximum Gasteiger partial charge on any atom is 0.204 e. The average molecular weight is 323 g/mol. The Bertz CT molecular complexity index is 1030. The molecule has 0 spiro atoms. The molecule has 2 heterocycles. The van der Waals surface area contributed by atoms with Crippen molar-refractivity contribution < 1.29 is 18.6 Å². The molecule has 5 nitrogen and oxygen atoms in total. The summed E-state index contributed by atoms with van der Waals surface area (Å²) < 4.78 is 24.0. The number of rotatable bonds is 4. The van der Waals surface area contributed by atoms with Crippen molar-refractivity contribution in [2.75, 3.05) is 21.3 Å². The fraction of sp³-hybridized carbons (Fsp3) is 0.158. The lowest BCUT2D eigenvalue weighted by atomic mass is 10.2. The van der Waals surface area contributed by atoms with Crippen molar-refractivity contribution in [3.8, 4) is 22.9 Å². The van der Waals surface area contributed by atoms with E-state index < -0.39 is 0 Å². The van der Waals surface area contributed by atoms with E-state index >= 15 is 0 Å². The highest BCUT2D eigenvalue weighted by molar-refractivity contribution is 5.93. The molecule has 0 aliphatic heterocycles. The molecule has 0 radical (unpaired) electrons. The van der Waals surface area contributed by atoms with Crippen LogP contribution in [0.2, 0.25) is 0 Å². The van der Waals surface area contributed by atoms with E-state index in [1.54, 1.807) is 27.6 Å². The lowest BCUT2D eigenvalue weighted by molar-refractivity contribution is 0.327. The number of aromatic nitrogens is 1. The van der Waals surface area contributed by atoms with Crippen LogP contribution in [0.4, 0.5) is 0 Å². The third-order valence-corrected chi connectivity index (χ3v) is 4.21. The third-order valence-electron chi connectivity index (χ3n) is 4.21. The molecule has 122 valence electrons. The Labute approximate surface area is 139 Å². The Balaban J connectivity index is 1.99. The monoisotopic (exact) mass is 323 g/mol. The molecular formula is C19H17NO4. The quantitative estimate of drug-likeness (QED) is 0.558. The lowest BCUT2D eigenvalue weighted by Gasteiger charge is -2.14. The summed E-state index contributed by atoms with van der Waals surface area (Å²) >= 11 is 0. The molecule has 0 aliphatic rings. The second-order valence-corrected chi connectivity index (χ2v) is 5.41. The summed E-state index contributed by atoms with van der Waals surface area (Å²) in [6.45, 7) is 0. The first-order valence-corrected chi connectivity index (χ1v) is 7.54. The molecule has 0 saturated carbocycles. The summed E-state index contributed by atoms with van der Waals surface area (Å²) in [5.41, 5.74) is 2.88. The van der Waals surface area contributed by atoms with Crippen LogP contribution in [0.15, 0.2) is 53.3 Å². The number of hydrogen-bond donors (Lipinski definition) is 0. The van der Waals surface area contributed by atoms with Crippen LogP contribution in [0.25, 0.3) is 27.6 Å². The summed E-state index contributed by atoms with van der Waals surface area (Å²) in [6, 6.07) is 12.0. The third kappa shape index (κ3) is 2.01. The van der Waals surface area contributed by atoms with Gasteiger partial charge in [0.25, 0.3) is 0 Å². The Kier molecular flexibility index (Phi) is 3.34. The van der Waals surface area contributed by atoms with Crippen LogP contribution in [0, 0.1) is 0 Å². The highest BCUT2D eigenvalue weighted by Gasteiger charge is 2.18. The van der Waals surface area contributed by atoms with Gasteiger partial charge >= 0.3 is 0 Å². The van der Waals surface area contributed by atoms with Gasteiger partial charge in [-0.1, -0.05) is 0 Å². The van der Waals surface area contributed by atoms with E-state index in [2.05, 4.69) is 10.6 Å². The number of methoxy groups -OCH3 is 3. The minimum absolute atomic E-state index is 0.593. The highest BCUT2D eigenvalue weighted by Crippen LogP contribution is 2.44. The zero-order chi connectivity index (χ0) is 16.7. The number of furan rings is 1. The standard InChI is InChI=1S/C19H17NO4/c1-21-17-11-15-14(18(22-2)19(17)23-3)6-8-20(15)13-4-5-16-12(10-13)7-9-24-16/h4-11H,1-3H3. The van der Waals surface area contributed by atoms with Crippen LogP contribution in [0.1, 0.15) is 0 Å². The van der Waals surface area contributed by atoms with Gasteiger partial charge in [-0.05, 0) is 30.3 Å². The maximum atomic E-state index is 5.57. The van der Waals surface area contributed by atoms with Crippen molar-refractivity contribution >= 4 is 21.9 Å². The molecule has 0 unspecified atom stereocenters. The second-order valence-electron chi connectivity index (χ2n) is 5.41. The van der Waals surface area contributed by atoms with Gasteiger partial charge in [0.2, 0.25) is 5.75 Å².